The monoisotopic (exact) mass is 205 g/mol. The second kappa shape index (κ2) is 4.45. The molecule has 80 valence electrons. The average molecular weight is 205 g/mol. The molecule has 0 radical (unpaired) electrons. The van der Waals surface area contributed by atoms with Gasteiger partial charge in [0, 0.05) is 24.6 Å². The van der Waals surface area contributed by atoms with E-state index in [4.69, 9.17) is 10.5 Å². The Kier molecular flexibility index (Phi) is 3.02. The highest BCUT2D eigenvalue weighted by atomic mass is 16.5. The molecule has 1 unspecified atom stereocenters. The number of nitrogen functional groups attached to an aromatic ring is 1. The van der Waals surface area contributed by atoms with Gasteiger partial charge in [-0.05, 0) is 24.1 Å². The van der Waals surface area contributed by atoms with Crippen molar-refractivity contribution in [1.82, 2.24) is 0 Å². The minimum Gasteiger partial charge on any atom is -0.399 e. The molecule has 15 heavy (non-hydrogen) atoms. The van der Waals surface area contributed by atoms with Crippen LogP contribution in [0.15, 0.2) is 24.3 Å². The van der Waals surface area contributed by atoms with Crippen molar-refractivity contribution in [2.75, 3.05) is 18.9 Å². The summed E-state index contributed by atoms with van der Waals surface area (Å²) in [7, 11) is 0. The van der Waals surface area contributed by atoms with Gasteiger partial charge in [0.1, 0.15) is 5.78 Å². The molecule has 0 bridgehead atoms. The summed E-state index contributed by atoms with van der Waals surface area (Å²) in [6, 6.07) is 7.49. The molecule has 1 saturated heterocycles. The average Bonchev–Trinajstić information content (AvgIpc) is 2.70. The van der Waals surface area contributed by atoms with E-state index in [1.165, 1.54) is 0 Å². The zero-order valence-electron chi connectivity index (χ0n) is 8.61. The third-order valence-corrected chi connectivity index (χ3v) is 2.71. The molecular formula is C12H15NO2. The van der Waals surface area contributed by atoms with Crippen LogP contribution in [0.2, 0.25) is 0 Å². The van der Waals surface area contributed by atoms with Gasteiger partial charge in [-0.15, -0.1) is 0 Å². The van der Waals surface area contributed by atoms with Crippen LogP contribution in [0.3, 0.4) is 0 Å². The third-order valence-electron chi connectivity index (χ3n) is 2.71. The van der Waals surface area contributed by atoms with E-state index in [1.807, 2.05) is 24.3 Å². The Morgan fingerprint density at radius 3 is 3.07 bits per heavy atom. The Morgan fingerprint density at radius 2 is 2.40 bits per heavy atom. The van der Waals surface area contributed by atoms with E-state index in [0.717, 1.165) is 12.0 Å². The van der Waals surface area contributed by atoms with Gasteiger partial charge < -0.3 is 10.5 Å². The Labute approximate surface area is 89.2 Å². The lowest BCUT2D eigenvalue weighted by Gasteiger charge is -2.06. The lowest BCUT2D eigenvalue weighted by Crippen LogP contribution is -2.16. The number of carbonyl (C=O) groups is 1. The first-order valence-electron chi connectivity index (χ1n) is 5.20. The minimum atomic E-state index is 0.0893. The summed E-state index contributed by atoms with van der Waals surface area (Å²) < 4.78 is 5.19. The number of carbonyl (C=O) groups excluding carboxylic acids is 1. The largest absolute Gasteiger partial charge is 0.399 e. The smallest absolute Gasteiger partial charge is 0.142 e. The molecule has 3 heteroatoms. The molecule has 3 nitrogen and oxygen atoms in total. The SMILES string of the molecule is Nc1cccc(CC(=O)C2CCOC2)c1. The van der Waals surface area contributed by atoms with Crippen LogP contribution >= 0.6 is 0 Å². The quantitative estimate of drug-likeness (QED) is 0.759. The van der Waals surface area contributed by atoms with Gasteiger partial charge in [0.15, 0.2) is 0 Å². The van der Waals surface area contributed by atoms with Crippen molar-refractivity contribution in [3.63, 3.8) is 0 Å². The van der Waals surface area contributed by atoms with E-state index in [2.05, 4.69) is 0 Å². The summed E-state index contributed by atoms with van der Waals surface area (Å²) in [4.78, 5) is 11.8. The summed E-state index contributed by atoms with van der Waals surface area (Å²) in [6.07, 6.45) is 1.33. The molecule has 2 N–H and O–H groups in total. The van der Waals surface area contributed by atoms with E-state index in [1.54, 1.807) is 0 Å². The maximum absolute atomic E-state index is 11.8. The predicted octanol–water partition coefficient (Wildman–Crippen LogP) is 1.42. The van der Waals surface area contributed by atoms with Crippen molar-refractivity contribution >= 4 is 11.5 Å². The van der Waals surface area contributed by atoms with Crippen molar-refractivity contribution in [3.05, 3.63) is 29.8 Å². The maximum Gasteiger partial charge on any atom is 0.142 e. The molecule has 1 atom stereocenters. The van der Waals surface area contributed by atoms with E-state index >= 15 is 0 Å². The summed E-state index contributed by atoms with van der Waals surface area (Å²) >= 11 is 0. The molecule has 1 aliphatic heterocycles. The fourth-order valence-electron chi connectivity index (χ4n) is 1.84. The fraction of sp³-hybridized carbons (Fsp3) is 0.417. The number of anilines is 1. The lowest BCUT2D eigenvalue weighted by atomic mass is 9.97. The lowest BCUT2D eigenvalue weighted by molar-refractivity contribution is -0.122. The molecule has 1 fully saturated rings. The minimum absolute atomic E-state index is 0.0893. The first kappa shape index (κ1) is 10.2. The summed E-state index contributed by atoms with van der Waals surface area (Å²) in [6.45, 7) is 1.30. The van der Waals surface area contributed by atoms with Crippen molar-refractivity contribution in [3.8, 4) is 0 Å². The number of ether oxygens (including phenoxy) is 1. The van der Waals surface area contributed by atoms with E-state index in [-0.39, 0.29) is 11.7 Å². The molecule has 2 rings (SSSR count). The first-order valence-corrected chi connectivity index (χ1v) is 5.20. The van der Waals surface area contributed by atoms with E-state index in [0.29, 0.717) is 25.3 Å². The molecule has 0 aliphatic carbocycles. The summed E-state index contributed by atoms with van der Waals surface area (Å²) in [5, 5.41) is 0. The van der Waals surface area contributed by atoms with Crippen LogP contribution in [-0.2, 0) is 16.0 Å². The van der Waals surface area contributed by atoms with Gasteiger partial charge in [-0.2, -0.15) is 0 Å². The number of ketones is 1. The first-order chi connectivity index (χ1) is 7.25. The number of nitrogens with two attached hydrogens (primary N) is 1. The number of hydrogen-bond acceptors (Lipinski definition) is 3. The van der Waals surface area contributed by atoms with Gasteiger partial charge in [-0.25, -0.2) is 0 Å². The second-order valence-corrected chi connectivity index (χ2v) is 3.95. The Morgan fingerprint density at radius 1 is 1.53 bits per heavy atom. The van der Waals surface area contributed by atoms with E-state index in [9.17, 15) is 4.79 Å². The number of hydrogen-bond donors (Lipinski definition) is 1. The van der Waals surface area contributed by atoms with Crippen LogP contribution in [0.25, 0.3) is 0 Å². The third kappa shape index (κ3) is 2.57. The van der Waals surface area contributed by atoms with Gasteiger partial charge in [0.2, 0.25) is 0 Å². The highest BCUT2D eigenvalue weighted by Crippen LogP contribution is 2.16. The molecule has 1 aromatic rings. The number of rotatable bonds is 3. The van der Waals surface area contributed by atoms with Crippen LogP contribution < -0.4 is 5.73 Å². The van der Waals surface area contributed by atoms with Crippen molar-refractivity contribution in [1.29, 1.82) is 0 Å². The van der Waals surface area contributed by atoms with Crippen molar-refractivity contribution in [2.24, 2.45) is 5.92 Å². The van der Waals surface area contributed by atoms with Gasteiger partial charge in [-0.3, -0.25) is 4.79 Å². The topological polar surface area (TPSA) is 52.3 Å². The zero-order chi connectivity index (χ0) is 10.7. The van der Waals surface area contributed by atoms with Crippen LogP contribution in [0, 0.1) is 5.92 Å². The van der Waals surface area contributed by atoms with E-state index < -0.39 is 0 Å². The Balaban J connectivity index is 1.99. The molecule has 0 amide bonds. The predicted molar refractivity (Wildman–Crippen MR) is 58.5 cm³/mol. The van der Waals surface area contributed by atoms with Gasteiger partial charge >= 0.3 is 0 Å². The molecule has 0 spiro atoms. The highest BCUT2D eigenvalue weighted by molar-refractivity contribution is 5.83. The van der Waals surface area contributed by atoms with Crippen LogP contribution in [0.1, 0.15) is 12.0 Å². The van der Waals surface area contributed by atoms with Gasteiger partial charge in [0.05, 0.1) is 6.61 Å². The summed E-state index contributed by atoms with van der Waals surface area (Å²) in [5.41, 5.74) is 7.36. The molecular weight excluding hydrogens is 190 g/mol. The van der Waals surface area contributed by atoms with Crippen molar-refractivity contribution in [2.45, 2.75) is 12.8 Å². The van der Waals surface area contributed by atoms with Crippen LogP contribution in [-0.4, -0.2) is 19.0 Å². The normalized spacial score (nSPS) is 20.4. The molecule has 0 saturated carbocycles. The number of Topliss-reactive ketones (excluding diaryl/α,β-unsaturated/α-hetero) is 1. The zero-order valence-corrected chi connectivity index (χ0v) is 8.61. The summed E-state index contributed by atoms with van der Waals surface area (Å²) in [5.74, 6) is 0.351. The maximum atomic E-state index is 11.8. The highest BCUT2D eigenvalue weighted by Gasteiger charge is 2.23. The Bertz CT molecular complexity index is 356. The molecule has 1 heterocycles. The van der Waals surface area contributed by atoms with Gasteiger partial charge in [0.25, 0.3) is 0 Å². The molecule has 0 aromatic heterocycles. The van der Waals surface area contributed by atoms with Crippen LogP contribution in [0.4, 0.5) is 5.69 Å². The molecule has 1 aromatic carbocycles. The standard InChI is InChI=1S/C12H15NO2/c13-11-3-1-2-9(6-11)7-12(14)10-4-5-15-8-10/h1-3,6,10H,4-5,7-8,13H2. The number of benzene rings is 1. The molecule has 1 aliphatic rings. The fourth-order valence-corrected chi connectivity index (χ4v) is 1.84. The van der Waals surface area contributed by atoms with Gasteiger partial charge in [-0.1, -0.05) is 12.1 Å². The van der Waals surface area contributed by atoms with Crippen molar-refractivity contribution < 1.29 is 9.53 Å². The second-order valence-electron chi connectivity index (χ2n) is 3.95. The Hall–Kier alpha value is -1.35. The van der Waals surface area contributed by atoms with Crippen LogP contribution in [0.5, 0.6) is 0 Å².